The molecule has 0 saturated heterocycles. The molecule has 2 heterocycles. The van der Waals surface area contributed by atoms with E-state index in [4.69, 9.17) is 4.99 Å². The highest BCUT2D eigenvalue weighted by Gasteiger charge is 2.15. The first-order valence-corrected chi connectivity index (χ1v) is 16.8. The molecular weight excluding hydrogens is 607 g/mol. The molecule has 3 nitrogen and oxygen atoms in total. The van der Waals surface area contributed by atoms with Crippen molar-refractivity contribution in [1.82, 2.24) is 9.97 Å². The van der Waals surface area contributed by atoms with Gasteiger partial charge in [0.25, 0.3) is 0 Å². The lowest BCUT2D eigenvalue weighted by atomic mass is 9.88. The van der Waals surface area contributed by atoms with Crippen molar-refractivity contribution < 1.29 is 0 Å². The normalized spacial score (nSPS) is 11.8. The van der Waals surface area contributed by atoms with Gasteiger partial charge in [-0.3, -0.25) is 9.97 Å². The summed E-state index contributed by atoms with van der Waals surface area (Å²) >= 11 is 0. The van der Waals surface area contributed by atoms with Gasteiger partial charge in [-0.15, -0.1) is 0 Å². The van der Waals surface area contributed by atoms with E-state index in [-0.39, 0.29) is 0 Å². The van der Waals surface area contributed by atoms with Crippen LogP contribution in [0.5, 0.6) is 0 Å². The summed E-state index contributed by atoms with van der Waals surface area (Å²) in [5.41, 5.74) is 14.2. The lowest BCUT2D eigenvalue weighted by Gasteiger charge is -2.16. The average Bonchev–Trinajstić information content (AvgIpc) is 3.18. The number of nitrogens with zero attached hydrogens (tertiary/aromatic N) is 3. The third-order valence-corrected chi connectivity index (χ3v) is 9.06. The first-order valence-electron chi connectivity index (χ1n) is 16.8. The summed E-state index contributed by atoms with van der Waals surface area (Å²) in [4.78, 5) is 14.4. The third-order valence-electron chi connectivity index (χ3n) is 9.06. The van der Waals surface area contributed by atoms with Gasteiger partial charge in [0.05, 0.1) is 17.1 Å². The van der Waals surface area contributed by atoms with E-state index in [0.29, 0.717) is 5.70 Å². The molecule has 0 radical (unpaired) electrons. The van der Waals surface area contributed by atoms with E-state index in [9.17, 15) is 0 Å². The molecule has 0 N–H and O–H groups in total. The quantitative estimate of drug-likeness (QED) is 0.147. The van der Waals surface area contributed by atoms with Crippen molar-refractivity contribution in [3.8, 4) is 22.3 Å². The Balaban J connectivity index is 1.33. The summed E-state index contributed by atoms with van der Waals surface area (Å²) in [5.74, 6) is 0. The third kappa shape index (κ3) is 6.50. The van der Waals surface area contributed by atoms with E-state index < -0.39 is 0 Å². The summed E-state index contributed by atoms with van der Waals surface area (Å²) in [6.07, 6.45) is 9.81. The standard InChI is InChI=1S/C47H37N3/c1-5-34-16-10-12-20-43(34)42(6-2)40-27-39(28-41(29-40)45-31-48-30-38-19-11-13-21-44(38)45)36-24-22-35(23-25-36)33(4)50-47(37-17-8-7-9-18-37)46-32(3)15-14-26-49-46/h5-31H,1,4H2,2-3H3/b42-6-,50-47?. The Kier molecular flexibility index (Phi) is 9.22. The number of aryl methyl sites for hydroxylation is 1. The van der Waals surface area contributed by atoms with E-state index in [1.54, 1.807) is 0 Å². The Labute approximate surface area is 294 Å². The molecule has 7 aromatic rings. The SMILES string of the molecule is C=Cc1ccccc1/C(=C\C)c1cc(-c2ccc(C(=C)N=C(c3ccccc3)c3ncccc3C)cc2)cc(-c2cncc3ccccc23)c1. The molecule has 50 heavy (non-hydrogen) atoms. The van der Waals surface area contributed by atoms with Gasteiger partial charge in [-0.25, -0.2) is 4.99 Å². The number of benzene rings is 5. The van der Waals surface area contributed by atoms with Crippen molar-refractivity contribution in [2.45, 2.75) is 13.8 Å². The Hall–Kier alpha value is -6.45. The second-order valence-corrected chi connectivity index (χ2v) is 12.2. The lowest BCUT2D eigenvalue weighted by Crippen LogP contribution is -2.08. The molecule has 7 rings (SSSR count). The first-order chi connectivity index (χ1) is 24.5. The van der Waals surface area contributed by atoms with Crippen molar-refractivity contribution >= 4 is 33.8 Å². The second kappa shape index (κ2) is 14.3. The molecule has 0 aliphatic carbocycles. The fourth-order valence-electron chi connectivity index (χ4n) is 6.49. The zero-order valence-corrected chi connectivity index (χ0v) is 28.3. The first kappa shape index (κ1) is 32.1. The molecule has 0 spiro atoms. The molecule has 2 aromatic heterocycles. The van der Waals surface area contributed by atoms with Crippen molar-refractivity contribution in [2.75, 3.05) is 0 Å². The topological polar surface area (TPSA) is 38.1 Å². The van der Waals surface area contributed by atoms with E-state index >= 15 is 0 Å². The number of pyridine rings is 2. The molecule has 0 saturated carbocycles. The summed E-state index contributed by atoms with van der Waals surface area (Å²) in [6, 6.07) is 46.3. The van der Waals surface area contributed by atoms with Gasteiger partial charge in [0.15, 0.2) is 0 Å². The van der Waals surface area contributed by atoms with Gasteiger partial charge in [0.2, 0.25) is 0 Å². The highest BCUT2D eigenvalue weighted by Crippen LogP contribution is 2.37. The maximum atomic E-state index is 5.07. The number of hydrogen-bond donors (Lipinski definition) is 0. The Morgan fingerprint density at radius 2 is 1.42 bits per heavy atom. The number of fused-ring (bicyclic) bond motifs is 1. The number of aliphatic imine (C=N–C) groups is 1. The number of aromatic nitrogens is 2. The maximum absolute atomic E-state index is 5.07. The highest BCUT2D eigenvalue weighted by molar-refractivity contribution is 6.14. The van der Waals surface area contributed by atoms with Crippen molar-refractivity contribution in [3.05, 3.63) is 210 Å². The smallest absolute Gasteiger partial charge is 0.0968 e. The molecule has 5 aromatic carbocycles. The highest BCUT2D eigenvalue weighted by atomic mass is 14.8. The van der Waals surface area contributed by atoms with Crippen LogP contribution in [0.2, 0.25) is 0 Å². The van der Waals surface area contributed by atoms with Crippen LogP contribution in [0.1, 0.15) is 46.0 Å². The van der Waals surface area contributed by atoms with Crippen LogP contribution in [-0.4, -0.2) is 15.7 Å². The van der Waals surface area contributed by atoms with Gasteiger partial charge in [-0.05, 0) is 93.6 Å². The molecule has 240 valence electrons. The molecule has 0 amide bonds. The van der Waals surface area contributed by atoms with Crippen LogP contribution in [0.4, 0.5) is 0 Å². The van der Waals surface area contributed by atoms with Gasteiger partial charge >= 0.3 is 0 Å². The molecule has 0 unspecified atom stereocenters. The van der Waals surface area contributed by atoms with Crippen molar-refractivity contribution in [1.29, 1.82) is 0 Å². The van der Waals surface area contributed by atoms with Gasteiger partial charge in [-0.1, -0.05) is 135 Å². The zero-order chi connectivity index (χ0) is 34.5. The molecule has 0 aliphatic heterocycles. The largest absolute Gasteiger partial charge is 0.263 e. The van der Waals surface area contributed by atoms with Crippen LogP contribution in [0.3, 0.4) is 0 Å². The van der Waals surface area contributed by atoms with Gasteiger partial charge in [0.1, 0.15) is 0 Å². The van der Waals surface area contributed by atoms with Crippen molar-refractivity contribution in [3.63, 3.8) is 0 Å². The molecule has 0 aliphatic rings. The number of hydrogen-bond acceptors (Lipinski definition) is 3. The summed E-state index contributed by atoms with van der Waals surface area (Å²) < 4.78 is 0. The fraction of sp³-hybridized carbons (Fsp3) is 0.0426. The van der Waals surface area contributed by atoms with Gasteiger partial charge < -0.3 is 0 Å². The van der Waals surface area contributed by atoms with Crippen molar-refractivity contribution in [2.24, 2.45) is 4.99 Å². The zero-order valence-electron chi connectivity index (χ0n) is 28.3. The molecule has 0 fully saturated rings. The minimum absolute atomic E-state index is 0.675. The van der Waals surface area contributed by atoms with E-state index in [0.717, 1.165) is 78.0 Å². The van der Waals surface area contributed by atoms with Crippen LogP contribution in [0.25, 0.3) is 50.4 Å². The predicted octanol–water partition coefficient (Wildman–Crippen LogP) is 11.9. The van der Waals surface area contributed by atoms with E-state index in [1.165, 1.54) is 5.39 Å². The van der Waals surface area contributed by atoms with Crippen LogP contribution in [0.15, 0.2) is 176 Å². The second-order valence-electron chi connectivity index (χ2n) is 12.2. The average molecular weight is 644 g/mol. The fourth-order valence-corrected chi connectivity index (χ4v) is 6.49. The Bertz CT molecular complexity index is 2410. The van der Waals surface area contributed by atoms with Gasteiger partial charge in [-0.2, -0.15) is 0 Å². The molecule has 3 heteroatoms. The molecule has 0 bridgehead atoms. The van der Waals surface area contributed by atoms with Crippen LogP contribution in [-0.2, 0) is 0 Å². The minimum atomic E-state index is 0.675. The summed E-state index contributed by atoms with van der Waals surface area (Å²) in [6.45, 7) is 12.6. The van der Waals surface area contributed by atoms with Crippen LogP contribution < -0.4 is 0 Å². The molecular formula is C47H37N3. The number of allylic oxidation sites excluding steroid dienone is 1. The van der Waals surface area contributed by atoms with Crippen LogP contribution in [0, 0.1) is 6.92 Å². The molecule has 0 atom stereocenters. The summed E-state index contributed by atoms with van der Waals surface area (Å²) in [7, 11) is 0. The van der Waals surface area contributed by atoms with Gasteiger partial charge in [0, 0.05) is 35.1 Å². The van der Waals surface area contributed by atoms with Crippen LogP contribution >= 0.6 is 0 Å². The monoisotopic (exact) mass is 643 g/mol. The maximum Gasteiger partial charge on any atom is 0.0968 e. The Morgan fingerprint density at radius 1 is 0.680 bits per heavy atom. The van der Waals surface area contributed by atoms with E-state index in [2.05, 4.69) is 152 Å². The minimum Gasteiger partial charge on any atom is -0.263 e. The predicted molar refractivity (Wildman–Crippen MR) is 212 cm³/mol. The Morgan fingerprint density at radius 3 is 2.20 bits per heavy atom. The lowest BCUT2D eigenvalue weighted by molar-refractivity contribution is 1.23. The van der Waals surface area contributed by atoms with E-state index in [1.807, 2.05) is 48.9 Å². The summed E-state index contributed by atoms with van der Waals surface area (Å²) in [5, 5.41) is 2.28. The number of rotatable bonds is 9.